The maximum Gasteiger partial charge on any atom is 0.275 e. The topological polar surface area (TPSA) is 57.0 Å². The number of nitrogens with zero attached hydrogens (tertiary/aromatic N) is 1. The van der Waals surface area contributed by atoms with E-state index in [0.29, 0.717) is 12.3 Å². The number of nitrogens with one attached hydrogen (secondary N) is 2. The van der Waals surface area contributed by atoms with Gasteiger partial charge in [-0.25, -0.2) is 0 Å². The molecule has 1 aliphatic rings. The molecule has 138 valence electrons. The molecule has 0 bridgehead atoms. The average molecular weight is 419 g/mol. The highest BCUT2D eigenvalue weighted by Gasteiger charge is 2.24. The number of carbonyl (C=O) groups excluding carboxylic acids is 1. The van der Waals surface area contributed by atoms with E-state index in [2.05, 4.69) is 26.1 Å². The number of carbonyl (C=O) groups is 1. The van der Waals surface area contributed by atoms with E-state index in [-0.39, 0.29) is 11.9 Å². The number of hydrogen-bond acceptors (Lipinski definition) is 3. The van der Waals surface area contributed by atoms with Crippen LogP contribution in [0.2, 0.25) is 0 Å². The maximum atomic E-state index is 12.4. The zero-order valence-corrected chi connectivity index (χ0v) is 16.5. The fourth-order valence-corrected chi connectivity index (χ4v) is 3.59. The normalized spacial score (nSPS) is 16.3. The van der Waals surface area contributed by atoms with Crippen LogP contribution in [0.1, 0.15) is 18.5 Å². The van der Waals surface area contributed by atoms with Crippen molar-refractivity contribution in [3.8, 4) is 5.75 Å². The largest absolute Gasteiger partial charge is 0.506 e. The number of phenolic OH excluding ortho intramolecular Hbond substituents is 1. The molecular weight excluding hydrogens is 394 g/mol. The molecule has 0 radical (unpaired) electrons. The van der Waals surface area contributed by atoms with Gasteiger partial charge in [-0.3, -0.25) is 4.79 Å². The van der Waals surface area contributed by atoms with Gasteiger partial charge >= 0.3 is 0 Å². The molecule has 5 nitrogen and oxygen atoms in total. The van der Waals surface area contributed by atoms with Crippen molar-refractivity contribution in [2.24, 2.45) is 0 Å². The quantitative estimate of drug-likeness (QED) is 0.692. The van der Waals surface area contributed by atoms with E-state index in [1.54, 1.807) is 6.07 Å². The van der Waals surface area contributed by atoms with Crippen LogP contribution in [-0.4, -0.2) is 43.7 Å². The maximum absolute atomic E-state index is 12.4. The first-order valence-corrected chi connectivity index (χ1v) is 9.73. The molecule has 2 aromatic rings. The third-order valence-corrected chi connectivity index (χ3v) is 5.38. The number of anilines is 1. The summed E-state index contributed by atoms with van der Waals surface area (Å²) in [6.07, 6.45) is 0. The summed E-state index contributed by atoms with van der Waals surface area (Å²) >= 11 is 3.43. The summed E-state index contributed by atoms with van der Waals surface area (Å²) in [5, 5.41) is 13.1. The number of phenols is 1. The zero-order valence-electron chi connectivity index (χ0n) is 14.9. The molecule has 0 saturated carbocycles. The summed E-state index contributed by atoms with van der Waals surface area (Å²) in [7, 11) is 0. The first-order chi connectivity index (χ1) is 12.5. The van der Waals surface area contributed by atoms with Crippen LogP contribution < -0.4 is 15.1 Å². The van der Waals surface area contributed by atoms with Crippen LogP contribution in [-0.2, 0) is 4.79 Å². The lowest BCUT2D eigenvalue weighted by Crippen LogP contribution is -3.15. The minimum Gasteiger partial charge on any atom is -0.506 e. The molecule has 1 saturated heterocycles. The Hall–Kier alpha value is -2.05. The van der Waals surface area contributed by atoms with Gasteiger partial charge in [-0.2, -0.15) is 0 Å². The molecule has 1 amide bonds. The number of quaternary nitrogens is 1. The van der Waals surface area contributed by atoms with Crippen molar-refractivity contribution < 1.29 is 14.8 Å². The zero-order chi connectivity index (χ0) is 18.5. The SMILES string of the molecule is C[C@@H](NC(=O)C[NH+]1CCN(c2ccccc2O)CC1)c1ccc(Br)cc1. The van der Waals surface area contributed by atoms with Crippen LogP contribution in [0.5, 0.6) is 5.75 Å². The van der Waals surface area contributed by atoms with E-state index in [1.165, 1.54) is 4.90 Å². The molecule has 0 unspecified atom stereocenters. The van der Waals surface area contributed by atoms with E-state index in [9.17, 15) is 9.90 Å². The van der Waals surface area contributed by atoms with Gasteiger partial charge in [0.2, 0.25) is 0 Å². The van der Waals surface area contributed by atoms with Crippen LogP contribution in [0.15, 0.2) is 53.0 Å². The highest BCUT2D eigenvalue weighted by molar-refractivity contribution is 9.10. The third kappa shape index (κ3) is 4.77. The lowest BCUT2D eigenvalue weighted by molar-refractivity contribution is -0.892. The number of halogens is 1. The van der Waals surface area contributed by atoms with Crippen LogP contribution in [0, 0.1) is 0 Å². The summed E-state index contributed by atoms with van der Waals surface area (Å²) in [5.41, 5.74) is 1.97. The number of piperazine rings is 1. The summed E-state index contributed by atoms with van der Waals surface area (Å²) < 4.78 is 1.03. The third-order valence-electron chi connectivity index (χ3n) is 4.85. The second kappa shape index (κ2) is 8.56. The van der Waals surface area contributed by atoms with Gasteiger partial charge in [-0.05, 0) is 36.8 Å². The number of aromatic hydroxyl groups is 1. The fourth-order valence-electron chi connectivity index (χ4n) is 3.33. The lowest BCUT2D eigenvalue weighted by Gasteiger charge is -2.33. The van der Waals surface area contributed by atoms with E-state index in [0.717, 1.165) is 41.9 Å². The van der Waals surface area contributed by atoms with E-state index < -0.39 is 0 Å². The average Bonchev–Trinajstić information content (AvgIpc) is 2.63. The molecule has 0 aromatic heterocycles. The molecule has 1 heterocycles. The summed E-state index contributed by atoms with van der Waals surface area (Å²) in [6, 6.07) is 15.4. The van der Waals surface area contributed by atoms with Crippen molar-refractivity contribution in [1.82, 2.24) is 5.32 Å². The molecule has 26 heavy (non-hydrogen) atoms. The molecule has 1 aliphatic heterocycles. The van der Waals surface area contributed by atoms with Gasteiger partial charge < -0.3 is 20.2 Å². The van der Waals surface area contributed by atoms with Crippen molar-refractivity contribution in [3.05, 3.63) is 58.6 Å². The first kappa shape index (κ1) is 18.7. The van der Waals surface area contributed by atoms with Crippen molar-refractivity contribution in [2.75, 3.05) is 37.6 Å². The Morgan fingerprint density at radius 2 is 1.85 bits per heavy atom. The van der Waals surface area contributed by atoms with Crippen molar-refractivity contribution >= 4 is 27.5 Å². The number of benzene rings is 2. The smallest absolute Gasteiger partial charge is 0.275 e. The Bertz CT molecular complexity index is 743. The number of para-hydroxylation sites is 2. The Labute approximate surface area is 162 Å². The van der Waals surface area contributed by atoms with Crippen LogP contribution in [0.25, 0.3) is 0 Å². The van der Waals surface area contributed by atoms with Gasteiger partial charge in [0.05, 0.1) is 37.9 Å². The van der Waals surface area contributed by atoms with Gasteiger partial charge in [0.15, 0.2) is 6.54 Å². The van der Waals surface area contributed by atoms with Gasteiger partial charge in [0.25, 0.3) is 5.91 Å². The first-order valence-electron chi connectivity index (χ1n) is 8.94. The van der Waals surface area contributed by atoms with Crippen LogP contribution in [0.4, 0.5) is 5.69 Å². The Kier molecular flexibility index (Phi) is 6.16. The minimum absolute atomic E-state index is 0.00226. The molecule has 1 atom stereocenters. The molecule has 3 rings (SSSR count). The van der Waals surface area contributed by atoms with Gasteiger partial charge in [0, 0.05) is 4.47 Å². The monoisotopic (exact) mass is 418 g/mol. The Morgan fingerprint density at radius 1 is 1.19 bits per heavy atom. The van der Waals surface area contributed by atoms with Gasteiger partial charge in [-0.1, -0.05) is 40.2 Å². The molecule has 6 heteroatoms. The molecule has 0 aliphatic carbocycles. The predicted molar refractivity (Wildman–Crippen MR) is 107 cm³/mol. The molecule has 0 spiro atoms. The van der Waals surface area contributed by atoms with Crippen LogP contribution >= 0.6 is 15.9 Å². The summed E-state index contributed by atoms with van der Waals surface area (Å²) in [6.45, 7) is 5.93. The Balaban J connectivity index is 1.47. The predicted octanol–water partition coefficient (Wildman–Crippen LogP) is 1.74. The summed E-state index contributed by atoms with van der Waals surface area (Å²) in [4.78, 5) is 15.8. The van der Waals surface area contributed by atoms with Crippen LogP contribution in [0.3, 0.4) is 0 Å². The molecule has 1 fully saturated rings. The van der Waals surface area contributed by atoms with Crippen molar-refractivity contribution in [1.29, 1.82) is 0 Å². The molecule has 3 N–H and O–H groups in total. The van der Waals surface area contributed by atoms with E-state index in [1.807, 2.05) is 49.4 Å². The van der Waals surface area contributed by atoms with Crippen molar-refractivity contribution in [3.63, 3.8) is 0 Å². The number of hydrogen-bond donors (Lipinski definition) is 3. The van der Waals surface area contributed by atoms with Gasteiger partial charge in [-0.15, -0.1) is 0 Å². The van der Waals surface area contributed by atoms with Crippen molar-refractivity contribution in [2.45, 2.75) is 13.0 Å². The summed E-state index contributed by atoms with van der Waals surface area (Å²) in [5.74, 6) is 0.392. The van der Waals surface area contributed by atoms with E-state index >= 15 is 0 Å². The standard InChI is InChI=1S/C20H24BrN3O2/c1-15(16-6-8-17(21)9-7-16)22-20(26)14-23-10-12-24(13-11-23)18-4-2-3-5-19(18)25/h2-9,15,25H,10-14H2,1H3,(H,22,26)/p+1/t15-/m1/s1. The second-order valence-electron chi connectivity index (χ2n) is 6.74. The Morgan fingerprint density at radius 3 is 2.50 bits per heavy atom. The molecule has 2 aromatic carbocycles. The van der Waals surface area contributed by atoms with E-state index in [4.69, 9.17) is 0 Å². The highest BCUT2D eigenvalue weighted by atomic mass is 79.9. The number of amides is 1. The second-order valence-corrected chi connectivity index (χ2v) is 7.66. The number of rotatable bonds is 5. The minimum atomic E-state index is -0.00226. The fraction of sp³-hybridized carbons (Fsp3) is 0.350. The molecular formula is C20H25BrN3O2+. The highest BCUT2D eigenvalue weighted by Crippen LogP contribution is 2.25. The lowest BCUT2D eigenvalue weighted by atomic mass is 10.1. The van der Waals surface area contributed by atoms with Gasteiger partial charge in [0.1, 0.15) is 5.75 Å².